The summed E-state index contributed by atoms with van der Waals surface area (Å²) in [5.41, 5.74) is 8.91. The fraction of sp³-hybridized carbons (Fsp3) is 0.364. The molecule has 23 heavy (non-hydrogen) atoms. The average Bonchev–Trinajstić information content (AvgIpc) is 2.89. The Bertz CT molecular complexity index is 707. The van der Waals surface area contributed by atoms with Gasteiger partial charge in [-0.25, -0.2) is 0 Å². The Balaban J connectivity index is 1.96. The predicted octanol–water partition coefficient (Wildman–Crippen LogP) is 6.87. The summed E-state index contributed by atoms with van der Waals surface area (Å²) in [6.07, 6.45) is 6.20. The van der Waals surface area contributed by atoms with E-state index in [0.29, 0.717) is 0 Å². The fourth-order valence-electron chi connectivity index (χ4n) is 3.80. The first-order valence-corrected chi connectivity index (χ1v) is 15.2. The summed E-state index contributed by atoms with van der Waals surface area (Å²) < 4.78 is 5.82. The Hall–Kier alpha value is -0.937. The number of unbranched alkanes of at least 4 members (excludes halogenated alkanes) is 1. The van der Waals surface area contributed by atoms with Crippen LogP contribution in [0.1, 0.15) is 47.0 Å². The van der Waals surface area contributed by atoms with Crippen LogP contribution in [0, 0.1) is 0 Å². The molecule has 0 aromatic heterocycles. The standard InChI is InChI=1S/C20H21.2CH3.Zr/c1-3-4-6-16-9-11-17(12-10-16)19-8-5-7-18-13-15(2)14-20(18)19;;;/h5,7-14H,3-4,6H2,1-2H3;2*1H3;. The summed E-state index contributed by atoms with van der Waals surface area (Å²) in [5, 5.41) is 0. The summed E-state index contributed by atoms with van der Waals surface area (Å²) in [6, 6.07) is 16.2. The van der Waals surface area contributed by atoms with Crippen LogP contribution < -0.4 is 0 Å². The van der Waals surface area contributed by atoms with Gasteiger partial charge < -0.3 is 0 Å². The third-order valence-corrected chi connectivity index (χ3v) is 9.66. The van der Waals surface area contributed by atoms with Gasteiger partial charge in [-0.3, -0.25) is 0 Å². The van der Waals surface area contributed by atoms with E-state index < -0.39 is 21.8 Å². The van der Waals surface area contributed by atoms with Gasteiger partial charge in [0.15, 0.2) is 0 Å². The van der Waals surface area contributed by atoms with Gasteiger partial charge in [0.05, 0.1) is 0 Å². The van der Waals surface area contributed by atoms with E-state index >= 15 is 0 Å². The van der Waals surface area contributed by atoms with Gasteiger partial charge in [-0.05, 0) is 0 Å². The molecule has 0 spiro atoms. The number of fused-ring (bicyclic) bond motifs is 1. The first-order chi connectivity index (χ1) is 11.1. The third-order valence-electron chi connectivity index (χ3n) is 4.94. The Morgan fingerprint density at radius 1 is 1.00 bits per heavy atom. The van der Waals surface area contributed by atoms with Crippen molar-refractivity contribution in [3.8, 4) is 11.1 Å². The molecule has 0 amide bonds. The number of rotatable bonds is 5. The zero-order valence-electron chi connectivity index (χ0n) is 14.8. The molecule has 2 aromatic rings. The van der Waals surface area contributed by atoms with Gasteiger partial charge in [-0.1, -0.05) is 0 Å². The van der Waals surface area contributed by atoms with Crippen LogP contribution in [0.15, 0.2) is 48.0 Å². The quantitative estimate of drug-likeness (QED) is 0.529. The molecule has 119 valence electrons. The van der Waals surface area contributed by atoms with Crippen LogP contribution in [0.2, 0.25) is 9.26 Å². The molecule has 0 nitrogen and oxygen atoms in total. The summed E-state index contributed by atoms with van der Waals surface area (Å²) in [6.45, 7) is 4.59. The molecule has 3 rings (SSSR count). The van der Waals surface area contributed by atoms with Gasteiger partial charge in [0, 0.05) is 0 Å². The summed E-state index contributed by atoms with van der Waals surface area (Å²) in [4.78, 5) is 0. The number of hydrogen-bond donors (Lipinski definition) is 0. The Kier molecular flexibility index (Phi) is 5.37. The Morgan fingerprint density at radius 3 is 2.39 bits per heavy atom. The molecule has 0 fully saturated rings. The van der Waals surface area contributed by atoms with Crippen molar-refractivity contribution < 1.29 is 21.8 Å². The molecule has 0 N–H and O–H groups in total. The van der Waals surface area contributed by atoms with Crippen LogP contribution in [0.3, 0.4) is 0 Å². The first kappa shape index (κ1) is 16.9. The van der Waals surface area contributed by atoms with Crippen molar-refractivity contribution in [2.24, 2.45) is 0 Å². The number of hydrogen-bond acceptors (Lipinski definition) is 0. The van der Waals surface area contributed by atoms with E-state index in [1.165, 1.54) is 41.5 Å². The zero-order valence-corrected chi connectivity index (χ0v) is 17.3. The van der Waals surface area contributed by atoms with Crippen LogP contribution >= 0.6 is 0 Å². The normalized spacial score (nSPS) is 16.2. The second kappa shape index (κ2) is 7.31. The first-order valence-electron chi connectivity index (χ1n) is 8.82. The second-order valence-electron chi connectivity index (χ2n) is 7.01. The van der Waals surface area contributed by atoms with E-state index in [-0.39, 0.29) is 0 Å². The molecule has 0 aliphatic heterocycles. The minimum absolute atomic E-state index is 0.774. The van der Waals surface area contributed by atoms with E-state index in [2.05, 4.69) is 71.7 Å². The molecule has 1 heteroatoms. The molecule has 1 aliphatic carbocycles. The predicted molar refractivity (Wildman–Crippen MR) is 98.6 cm³/mol. The molecule has 0 heterocycles. The maximum absolute atomic E-state index is 2.52. The number of aryl methyl sites for hydroxylation is 1. The molecule has 1 aliphatic rings. The van der Waals surface area contributed by atoms with Crippen molar-refractivity contribution in [1.29, 1.82) is 0 Å². The molecule has 1 atom stereocenters. The van der Waals surface area contributed by atoms with Crippen LogP contribution in [-0.2, 0) is 28.2 Å². The maximum atomic E-state index is 2.52. The van der Waals surface area contributed by atoms with Crippen molar-refractivity contribution >= 4 is 6.08 Å². The van der Waals surface area contributed by atoms with Crippen molar-refractivity contribution in [2.75, 3.05) is 0 Å². The molecule has 0 saturated carbocycles. The zero-order chi connectivity index (χ0) is 16.4. The summed E-state index contributed by atoms with van der Waals surface area (Å²) in [5.74, 6) is 0. The van der Waals surface area contributed by atoms with E-state index in [0.717, 1.165) is 3.63 Å². The average molecular weight is 383 g/mol. The molecular formula is C22H27Zr. The fourth-order valence-corrected chi connectivity index (χ4v) is 8.39. The van der Waals surface area contributed by atoms with Crippen LogP contribution in [-0.4, -0.2) is 0 Å². The molecule has 0 bridgehead atoms. The second-order valence-corrected chi connectivity index (χ2v) is 13.7. The van der Waals surface area contributed by atoms with E-state index in [9.17, 15) is 0 Å². The molecule has 2 aromatic carbocycles. The molecule has 0 radical (unpaired) electrons. The van der Waals surface area contributed by atoms with Gasteiger partial charge in [-0.2, -0.15) is 0 Å². The third kappa shape index (κ3) is 3.46. The Labute approximate surface area is 149 Å². The van der Waals surface area contributed by atoms with Gasteiger partial charge in [-0.15, -0.1) is 0 Å². The molecule has 0 saturated heterocycles. The van der Waals surface area contributed by atoms with Gasteiger partial charge in [0.1, 0.15) is 0 Å². The van der Waals surface area contributed by atoms with Crippen molar-refractivity contribution in [2.45, 2.75) is 46.0 Å². The van der Waals surface area contributed by atoms with Crippen LogP contribution in [0.4, 0.5) is 0 Å². The van der Waals surface area contributed by atoms with Crippen molar-refractivity contribution in [1.82, 2.24) is 0 Å². The SMILES string of the molecule is CCCCc1ccc(-c2cccc3c2C=C(C)[CH]3[Zr]([CH3])[CH3])cc1. The van der Waals surface area contributed by atoms with E-state index in [1.54, 1.807) is 11.1 Å². The van der Waals surface area contributed by atoms with E-state index in [4.69, 9.17) is 0 Å². The monoisotopic (exact) mass is 381 g/mol. The summed E-state index contributed by atoms with van der Waals surface area (Å²) in [7, 11) is 0. The van der Waals surface area contributed by atoms with Crippen LogP contribution in [0.5, 0.6) is 0 Å². The molecule has 1 unspecified atom stereocenters. The summed E-state index contributed by atoms with van der Waals surface area (Å²) >= 11 is -1.29. The minimum atomic E-state index is -1.29. The number of benzene rings is 2. The van der Waals surface area contributed by atoms with Gasteiger partial charge >= 0.3 is 150 Å². The Morgan fingerprint density at radius 2 is 1.74 bits per heavy atom. The van der Waals surface area contributed by atoms with Crippen molar-refractivity contribution in [3.05, 3.63) is 64.7 Å². The van der Waals surface area contributed by atoms with Crippen molar-refractivity contribution in [3.63, 3.8) is 0 Å². The topological polar surface area (TPSA) is 0 Å². The van der Waals surface area contributed by atoms with E-state index in [1.807, 2.05) is 0 Å². The number of allylic oxidation sites excluding steroid dienone is 1. The molecular weight excluding hydrogens is 355 g/mol. The van der Waals surface area contributed by atoms with Crippen LogP contribution in [0.25, 0.3) is 17.2 Å². The van der Waals surface area contributed by atoms with Gasteiger partial charge in [0.2, 0.25) is 0 Å². The van der Waals surface area contributed by atoms with Gasteiger partial charge in [0.25, 0.3) is 0 Å².